The first-order chi connectivity index (χ1) is 7.25. The van der Waals surface area contributed by atoms with Crippen LogP contribution in [0.4, 0.5) is 5.69 Å². The normalized spacial score (nSPS) is 21.8. The van der Waals surface area contributed by atoms with Crippen LogP contribution in [0.5, 0.6) is 0 Å². The van der Waals surface area contributed by atoms with Gasteiger partial charge in [0.1, 0.15) is 0 Å². The summed E-state index contributed by atoms with van der Waals surface area (Å²) in [5.74, 6) is 0.735. The molecule has 0 aromatic heterocycles. The lowest BCUT2D eigenvalue weighted by Crippen LogP contribution is -2.32. The third-order valence-electron chi connectivity index (χ3n) is 2.68. The van der Waals surface area contributed by atoms with Gasteiger partial charge in [0.25, 0.3) is 0 Å². The number of nitrogens with one attached hydrogen (secondary N) is 2. The molecular weight excluding hydrogens is 224 g/mol. The van der Waals surface area contributed by atoms with Gasteiger partial charge in [-0.25, -0.2) is 0 Å². The minimum absolute atomic E-state index is 0. The van der Waals surface area contributed by atoms with Crippen molar-refractivity contribution in [2.75, 3.05) is 11.9 Å². The van der Waals surface area contributed by atoms with Crippen LogP contribution in [-0.2, 0) is 4.79 Å². The third kappa shape index (κ3) is 3.74. The number of hydrogen-bond acceptors (Lipinski definition) is 2. The molecule has 88 valence electrons. The number of amides is 1. The Morgan fingerprint density at radius 3 is 2.56 bits per heavy atom. The number of rotatable bonds is 4. The summed E-state index contributed by atoms with van der Waals surface area (Å²) in [6.45, 7) is 2.50. The Labute approximate surface area is 102 Å². The van der Waals surface area contributed by atoms with Crippen LogP contribution in [0.15, 0.2) is 30.3 Å². The molecule has 1 fully saturated rings. The van der Waals surface area contributed by atoms with Crippen LogP contribution in [-0.4, -0.2) is 18.5 Å². The first kappa shape index (κ1) is 12.8. The lowest BCUT2D eigenvalue weighted by Gasteiger charge is -2.06. The van der Waals surface area contributed by atoms with Crippen LogP contribution in [0.25, 0.3) is 0 Å². The first-order valence-electron chi connectivity index (χ1n) is 5.34. The zero-order valence-electron chi connectivity index (χ0n) is 9.27. The molecule has 2 N–H and O–H groups in total. The molecule has 1 aromatic rings. The van der Waals surface area contributed by atoms with Gasteiger partial charge in [0, 0.05) is 11.7 Å². The smallest absolute Gasteiger partial charge is 0.239 e. The Morgan fingerprint density at radius 1 is 1.38 bits per heavy atom. The van der Waals surface area contributed by atoms with Crippen molar-refractivity contribution in [1.29, 1.82) is 0 Å². The zero-order chi connectivity index (χ0) is 10.7. The summed E-state index contributed by atoms with van der Waals surface area (Å²) >= 11 is 0. The molecule has 16 heavy (non-hydrogen) atoms. The van der Waals surface area contributed by atoms with E-state index in [1.54, 1.807) is 0 Å². The summed E-state index contributed by atoms with van der Waals surface area (Å²) in [5.41, 5.74) is 0.983. The maximum Gasteiger partial charge on any atom is 0.239 e. The van der Waals surface area contributed by atoms with E-state index in [-0.39, 0.29) is 18.3 Å². The monoisotopic (exact) mass is 240 g/mol. The molecular formula is C12H17ClN2O. The third-order valence-corrected chi connectivity index (χ3v) is 2.68. The highest BCUT2D eigenvalue weighted by atomic mass is 35.5. The van der Waals surface area contributed by atoms with Crippen molar-refractivity contribution in [2.45, 2.75) is 19.4 Å². The van der Waals surface area contributed by atoms with Gasteiger partial charge in [-0.1, -0.05) is 25.1 Å². The van der Waals surface area contributed by atoms with Gasteiger partial charge in [-0.2, -0.15) is 0 Å². The number of benzene rings is 1. The van der Waals surface area contributed by atoms with Crippen LogP contribution < -0.4 is 10.6 Å². The molecule has 1 aliphatic rings. The minimum atomic E-state index is 0. The molecule has 1 aromatic carbocycles. The van der Waals surface area contributed by atoms with E-state index in [2.05, 4.69) is 17.6 Å². The van der Waals surface area contributed by atoms with E-state index in [9.17, 15) is 4.79 Å². The SMILES string of the molecule is CC1CC1NC(=O)CNc1ccccc1.Cl. The molecule has 0 radical (unpaired) electrons. The second-order valence-electron chi connectivity index (χ2n) is 4.11. The summed E-state index contributed by atoms with van der Waals surface area (Å²) in [7, 11) is 0. The van der Waals surface area contributed by atoms with Gasteiger partial charge in [0.05, 0.1) is 6.54 Å². The molecule has 2 rings (SSSR count). The molecule has 4 heteroatoms. The van der Waals surface area contributed by atoms with Gasteiger partial charge in [0.15, 0.2) is 0 Å². The average Bonchev–Trinajstić information content (AvgIpc) is 2.93. The highest BCUT2D eigenvalue weighted by Crippen LogP contribution is 2.28. The molecule has 0 aliphatic heterocycles. The van der Waals surface area contributed by atoms with Gasteiger partial charge in [-0.3, -0.25) is 4.79 Å². The van der Waals surface area contributed by atoms with Gasteiger partial charge in [0.2, 0.25) is 5.91 Å². The number of para-hydroxylation sites is 1. The molecule has 3 nitrogen and oxygen atoms in total. The topological polar surface area (TPSA) is 41.1 Å². The van der Waals surface area contributed by atoms with Crippen molar-refractivity contribution in [3.8, 4) is 0 Å². The maximum atomic E-state index is 11.4. The molecule has 2 atom stereocenters. The van der Waals surface area contributed by atoms with Crippen molar-refractivity contribution in [1.82, 2.24) is 5.32 Å². The van der Waals surface area contributed by atoms with Gasteiger partial charge in [-0.05, 0) is 24.5 Å². The van der Waals surface area contributed by atoms with Crippen LogP contribution >= 0.6 is 12.4 Å². The summed E-state index contributed by atoms with van der Waals surface area (Å²) in [4.78, 5) is 11.4. The van der Waals surface area contributed by atoms with Gasteiger partial charge in [-0.15, -0.1) is 12.4 Å². The van der Waals surface area contributed by atoms with Crippen LogP contribution in [0.3, 0.4) is 0 Å². The highest BCUT2D eigenvalue weighted by Gasteiger charge is 2.33. The second-order valence-corrected chi connectivity index (χ2v) is 4.11. The summed E-state index contributed by atoms with van der Waals surface area (Å²) < 4.78 is 0. The lowest BCUT2D eigenvalue weighted by molar-refractivity contribution is -0.119. The predicted molar refractivity (Wildman–Crippen MR) is 67.9 cm³/mol. The second kappa shape index (κ2) is 5.75. The molecule has 1 aliphatic carbocycles. The fourth-order valence-electron chi connectivity index (χ4n) is 1.52. The Morgan fingerprint density at radius 2 is 2.00 bits per heavy atom. The van der Waals surface area contributed by atoms with Crippen molar-refractivity contribution >= 4 is 24.0 Å². The molecule has 0 heterocycles. The number of hydrogen-bond donors (Lipinski definition) is 2. The lowest BCUT2D eigenvalue weighted by atomic mass is 10.3. The van der Waals surface area contributed by atoms with Crippen molar-refractivity contribution in [2.24, 2.45) is 5.92 Å². The van der Waals surface area contributed by atoms with E-state index in [0.717, 1.165) is 12.1 Å². The van der Waals surface area contributed by atoms with Gasteiger partial charge >= 0.3 is 0 Å². The van der Waals surface area contributed by atoms with Crippen LogP contribution in [0, 0.1) is 5.92 Å². The molecule has 1 saturated carbocycles. The van der Waals surface area contributed by atoms with Crippen LogP contribution in [0.2, 0.25) is 0 Å². The average molecular weight is 241 g/mol. The molecule has 0 spiro atoms. The van der Waals surface area contributed by atoms with E-state index in [1.807, 2.05) is 30.3 Å². The Hall–Kier alpha value is -1.22. The molecule has 1 amide bonds. The van der Waals surface area contributed by atoms with Crippen molar-refractivity contribution in [3.63, 3.8) is 0 Å². The summed E-state index contributed by atoms with van der Waals surface area (Å²) in [6, 6.07) is 10.2. The quantitative estimate of drug-likeness (QED) is 0.846. The Bertz CT molecular complexity index is 342. The first-order valence-corrected chi connectivity index (χ1v) is 5.34. The van der Waals surface area contributed by atoms with Crippen LogP contribution in [0.1, 0.15) is 13.3 Å². The Kier molecular flexibility index (Phi) is 4.62. The fraction of sp³-hybridized carbons (Fsp3) is 0.417. The van der Waals surface area contributed by atoms with E-state index in [0.29, 0.717) is 18.5 Å². The van der Waals surface area contributed by atoms with E-state index in [4.69, 9.17) is 0 Å². The standard InChI is InChI=1S/C12H16N2O.ClH/c1-9-7-11(9)14-12(15)8-13-10-5-3-2-4-6-10;/h2-6,9,11,13H,7-8H2,1H3,(H,14,15);1H. The molecule has 0 bridgehead atoms. The van der Waals surface area contributed by atoms with E-state index >= 15 is 0 Å². The van der Waals surface area contributed by atoms with Crippen molar-refractivity contribution in [3.05, 3.63) is 30.3 Å². The predicted octanol–water partition coefficient (Wildman–Crippen LogP) is 2.04. The maximum absolute atomic E-state index is 11.4. The largest absolute Gasteiger partial charge is 0.376 e. The number of anilines is 1. The van der Waals surface area contributed by atoms with Gasteiger partial charge < -0.3 is 10.6 Å². The number of halogens is 1. The summed E-state index contributed by atoms with van der Waals surface area (Å²) in [6.07, 6.45) is 1.12. The van der Waals surface area contributed by atoms with E-state index < -0.39 is 0 Å². The van der Waals surface area contributed by atoms with Crippen molar-refractivity contribution < 1.29 is 4.79 Å². The minimum Gasteiger partial charge on any atom is -0.376 e. The Balaban J connectivity index is 0.00000128. The highest BCUT2D eigenvalue weighted by molar-refractivity contribution is 5.85. The number of carbonyl (C=O) groups excluding carboxylic acids is 1. The number of carbonyl (C=O) groups is 1. The van der Waals surface area contributed by atoms with E-state index in [1.165, 1.54) is 0 Å². The molecule has 2 unspecified atom stereocenters. The molecule has 0 saturated heterocycles. The zero-order valence-corrected chi connectivity index (χ0v) is 10.1. The summed E-state index contributed by atoms with van der Waals surface area (Å²) in [5, 5.41) is 6.05. The fourth-order valence-corrected chi connectivity index (χ4v) is 1.52.